The lowest BCUT2D eigenvalue weighted by molar-refractivity contribution is -0.141. The van der Waals surface area contributed by atoms with E-state index in [0.717, 1.165) is 24.0 Å². The molecule has 16 heavy (non-hydrogen) atoms. The van der Waals surface area contributed by atoms with Crippen molar-refractivity contribution in [1.29, 1.82) is 5.41 Å². The lowest BCUT2D eigenvalue weighted by Gasteiger charge is -2.04. The highest BCUT2D eigenvalue weighted by atomic mass is 16.5. The monoisotopic (exact) mass is 220 g/mol. The Labute approximate surface area is 94.9 Å². The standard InChI is InChI=1S/C12H16N2O2/c1-9(15)16-7-3-5-10-4-2-6-11(8-10)12(13)14/h2,4,6,8H,3,5,7H2,1H3,(H3,13,14). The third-order valence-corrected chi connectivity index (χ3v) is 2.15. The smallest absolute Gasteiger partial charge is 0.302 e. The number of nitrogens with one attached hydrogen (secondary N) is 1. The molecule has 0 saturated heterocycles. The zero-order valence-electron chi connectivity index (χ0n) is 9.32. The van der Waals surface area contributed by atoms with Crippen molar-refractivity contribution in [2.75, 3.05) is 6.61 Å². The van der Waals surface area contributed by atoms with E-state index in [1.165, 1.54) is 6.92 Å². The fraction of sp³-hybridized carbons (Fsp3) is 0.333. The molecule has 1 aromatic carbocycles. The minimum absolute atomic E-state index is 0.0711. The molecule has 0 aromatic heterocycles. The first-order chi connectivity index (χ1) is 7.59. The molecule has 0 spiro atoms. The molecular weight excluding hydrogens is 204 g/mol. The summed E-state index contributed by atoms with van der Waals surface area (Å²) in [6.07, 6.45) is 1.59. The van der Waals surface area contributed by atoms with Gasteiger partial charge in [0.1, 0.15) is 5.84 Å². The highest BCUT2D eigenvalue weighted by molar-refractivity contribution is 5.95. The number of rotatable bonds is 5. The molecule has 0 unspecified atom stereocenters. The van der Waals surface area contributed by atoms with Crippen LogP contribution in [0.5, 0.6) is 0 Å². The van der Waals surface area contributed by atoms with Gasteiger partial charge in [-0.2, -0.15) is 0 Å². The fourth-order valence-corrected chi connectivity index (χ4v) is 1.39. The van der Waals surface area contributed by atoms with Crippen molar-refractivity contribution in [3.63, 3.8) is 0 Å². The van der Waals surface area contributed by atoms with Crippen LogP contribution in [0.4, 0.5) is 0 Å². The van der Waals surface area contributed by atoms with E-state index in [2.05, 4.69) is 0 Å². The van der Waals surface area contributed by atoms with E-state index in [1.54, 1.807) is 6.07 Å². The molecule has 86 valence electrons. The van der Waals surface area contributed by atoms with E-state index >= 15 is 0 Å². The highest BCUT2D eigenvalue weighted by Crippen LogP contribution is 2.07. The second kappa shape index (κ2) is 5.90. The first-order valence-electron chi connectivity index (χ1n) is 5.16. The molecule has 4 nitrogen and oxygen atoms in total. The average molecular weight is 220 g/mol. The number of esters is 1. The maximum atomic E-state index is 10.5. The van der Waals surface area contributed by atoms with Gasteiger partial charge in [0.15, 0.2) is 0 Å². The van der Waals surface area contributed by atoms with E-state index in [9.17, 15) is 4.79 Å². The van der Waals surface area contributed by atoms with Gasteiger partial charge >= 0.3 is 5.97 Å². The van der Waals surface area contributed by atoms with Gasteiger partial charge in [0.05, 0.1) is 6.61 Å². The van der Waals surface area contributed by atoms with Gasteiger partial charge in [0.25, 0.3) is 0 Å². The van der Waals surface area contributed by atoms with Crippen LogP contribution in [0, 0.1) is 5.41 Å². The number of carbonyl (C=O) groups excluding carboxylic acids is 1. The zero-order valence-corrected chi connectivity index (χ0v) is 9.32. The van der Waals surface area contributed by atoms with Gasteiger partial charge in [0, 0.05) is 12.5 Å². The van der Waals surface area contributed by atoms with Crippen molar-refractivity contribution in [1.82, 2.24) is 0 Å². The summed E-state index contributed by atoms with van der Waals surface area (Å²) in [5, 5.41) is 7.31. The Morgan fingerprint density at radius 3 is 2.88 bits per heavy atom. The Morgan fingerprint density at radius 2 is 2.25 bits per heavy atom. The van der Waals surface area contributed by atoms with Crippen molar-refractivity contribution in [3.05, 3.63) is 35.4 Å². The summed E-state index contributed by atoms with van der Waals surface area (Å²) in [5.41, 5.74) is 7.22. The van der Waals surface area contributed by atoms with Gasteiger partial charge in [-0.3, -0.25) is 10.2 Å². The van der Waals surface area contributed by atoms with E-state index in [0.29, 0.717) is 6.61 Å². The molecule has 0 saturated carbocycles. The quantitative estimate of drug-likeness (QED) is 0.341. The zero-order chi connectivity index (χ0) is 12.0. The fourth-order valence-electron chi connectivity index (χ4n) is 1.39. The Morgan fingerprint density at radius 1 is 1.50 bits per heavy atom. The van der Waals surface area contributed by atoms with Gasteiger partial charge < -0.3 is 10.5 Å². The summed E-state index contributed by atoms with van der Waals surface area (Å²) in [6, 6.07) is 7.53. The number of amidine groups is 1. The van der Waals surface area contributed by atoms with Crippen LogP contribution in [0.2, 0.25) is 0 Å². The molecule has 1 rings (SSSR count). The molecule has 4 heteroatoms. The van der Waals surface area contributed by atoms with E-state index in [-0.39, 0.29) is 11.8 Å². The first-order valence-corrected chi connectivity index (χ1v) is 5.16. The molecule has 0 atom stereocenters. The molecule has 3 N–H and O–H groups in total. The molecule has 0 amide bonds. The third-order valence-electron chi connectivity index (χ3n) is 2.15. The molecular formula is C12H16N2O2. The van der Waals surface area contributed by atoms with Crippen molar-refractivity contribution < 1.29 is 9.53 Å². The maximum Gasteiger partial charge on any atom is 0.302 e. The Hall–Kier alpha value is -1.84. The molecule has 0 radical (unpaired) electrons. The molecule has 0 heterocycles. The van der Waals surface area contributed by atoms with Gasteiger partial charge in [-0.05, 0) is 24.5 Å². The lowest BCUT2D eigenvalue weighted by atomic mass is 10.1. The SMILES string of the molecule is CC(=O)OCCCc1cccc(C(=N)N)c1. The third kappa shape index (κ3) is 4.13. The van der Waals surface area contributed by atoms with E-state index in [1.807, 2.05) is 18.2 Å². The van der Waals surface area contributed by atoms with Crippen LogP contribution in [-0.4, -0.2) is 18.4 Å². The number of aryl methyl sites for hydroxylation is 1. The minimum Gasteiger partial charge on any atom is -0.466 e. The number of nitrogens with two attached hydrogens (primary N) is 1. The van der Waals surface area contributed by atoms with Crippen LogP contribution in [0.1, 0.15) is 24.5 Å². The maximum absolute atomic E-state index is 10.5. The highest BCUT2D eigenvalue weighted by Gasteiger charge is 1.99. The van der Waals surface area contributed by atoms with Crippen molar-refractivity contribution in [3.8, 4) is 0 Å². The van der Waals surface area contributed by atoms with E-state index < -0.39 is 0 Å². The van der Waals surface area contributed by atoms with Crippen molar-refractivity contribution >= 4 is 11.8 Å². The molecule has 0 aliphatic rings. The van der Waals surface area contributed by atoms with Gasteiger partial charge in [-0.15, -0.1) is 0 Å². The normalized spacial score (nSPS) is 9.81. The second-order valence-electron chi connectivity index (χ2n) is 3.56. The minimum atomic E-state index is -0.252. The second-order valence-corrected chi connectivity index (χ2v) is 3.56. The van der Waals surface area contributed by atoms with E-state index in [4.69, 9.17) is 15.9 Å². The molecule has 0 aliphatic heterocycles. The Kier molecular flexibility index (Phi) is 4.51. The molecule has 0 aliphatic carbocycles. The predicted octanol–water partition coefficient (Wildman–Crippen LogP) is 1.47. The number of hydrogen-bond acceptors (Lipinski definition) is 3. The summed E-state index contributed by atoms with van der Waals surface area (Å²) in [6.45, 7) is 1.83. The van der Waals surface area contributed by atoms with Crippen LogP contribution in [0.25, 0.3) is 0 Å². The van der Waals surface area contributed by atoms with Crippen molar-refractivity contribution in [2.45, 2.75) is 19.8 Å². The largest absolute Gasteiger partial charge is 0.466 e. The summed E-state index contributed by atoms with van der Waals surface area (Å²) in [5.74, 6) is -0.181. The first kappa shape index (κ1) is 12.2. The Bertz CT molecular complexity index is 388. The average Bonchev–Trinajstić information content (AvgIpc) is 2.24. The summed E-state index contributed by atoms with van der Waals surface area (Å²) < 4.78 is 4.84. The topological polar surface area (TPSA) is 76.2 Å². The molecule has 0 fully saturated rings. The summed E-state index contributed by atoms with van der Waals surface area (Å²) in [4.78, 5) is 10.5. The number of ether oxygens (including phenoxy) is 1. The number of carbonyl (C=O) groups is 1. The lowest BCUT2D eigenvalue weighted by Crippen LogP contribution is -2.11. The van der Waals surface area contributed by atoms with Crippen LogP contribution < -0.4 is 5.73 Å². The van der Waals surface area contributed by atoms with Crippen LogP contribution in [0.15, 0.2) is 24.3 Å². The summed E-state index contributed by atoms with van der Waals surface area (Å²) >= 11 is 0. The number of nitrogen functional groups attached to an aromatic ring is 1. The summed E-state index contributed by atoms with van der Waals surface area (Å²) in [7, 11) is 0. The Balaban J connectivity index is 2.45. The molecule has 0 bridgehead atoms. The van der Waals surface area contributed by atoms with Crippen LogP contribution >= 0.6 is 0 Å². The number of hydrogen-bond donors (Lipinski definition) is 2. The van der Waals surface area contributed by atoms with Crippen LogP contribution in [0.3, 0.4) is 0 Å². The van der Waals surface area contributed by atoms with Gasteiger partial charge in [0.2, 0.25) is 0 Å². The van der Waals surface area contributed by atoms with Crippen molar-refractivity contribution in [2.24, 2.45) is 5.73 Å². The van der Waals surface area contributed by atoms with Crippen LogP contribution in [-0.2, 0) is 16.0 Å². The number of benzene rings is 1. The predicted molar refractivity (Wildman–Crippen MR) is 62.4 cm³/mol. The van der Waals surface area contributed by atoms with Gasteiger partial charge in [-0.1, -0.05) is 18.2 Å². The molecule has 1 aromatic rings. The van der Waals surface area contributed by atoms with Gasteiger partial charge in [-0.25, -0.2) is 0 Å².